The number of cyclic esters (lactones) is 1. The van der Waals surface area contributed by atoms with Crippen molar-refractivity contribution in [2.75, 3.05) is 6.61 Å². The summed E-state index contributed by atoms with van der Waals surface area (Å²) in [5.74, 6) is -0.850. The van der Waals surface area contributed by atoms with Gasteiger partial charge in [-0.3, -0.25) is 4.79 Å². The summed E-state index contributed by atoms with van der Waals surface area (Å²) in [6.07, 6.45) is 1.03. The van der Waals surface area contributed by atoms with Crippen LogP contribution >= 0.6 is 0 Å². The maximum absolute atomic E-state index is 14.4. The van der Waals surface area contributed by atoms with Crippen molar-refractivity contribution in [3.63, 3.8) is 0 Å². The minimum Gasteiger partial charge on any atom is -0.447 e. The van der Waals surface area contributed by atoms with Gasteiger partial charge in [-0.2, -0.15) is 0 Å². The molecule has 226 valence electrons. The zero-order valence-corrected chi connectivity index (χ0v) is 27.3. The van der Waals surface area contributed by atoms with Crippen LogP contribution in [-0.2, 0) is 14.0 Å². The summed E-state index contributed by atoms with van der Waals surface area (Å²) in [5, 5.41) is 11.6. The third-order valence-electron chi connectivity index (χ3n) is 8.89. The zero-order valence-electron chi connectivity index (χ0n) is 26.3. The summed E-state index contributed by atoms with van der Waals surface area (Å²) in [5.41, 5.74) is 2.01. The van der Waals surface area contributed by atoms with Gasteiger partial charge in [0, 0.05) is 5.92 Å². The number of aliphatic hydroxyl groups is 1. The quantitative estimate of drug-likeness (QED) is 0.193. The zero-order chi connectivity index (χ0) is 30.4. The molecule has 0 bridgehead atoms. The average Bonchev–Trinajstić information content (AvgIpc) is 3.29. The molecular weight excluding hydrogens is 530 g/mol. The van der Waals surface area contributed by atoms with Gasteiger partial charge in [0.05, 0.1) is 24.2 Å². The molecule has 1 aliphatic rings. The Morgan fingerprint density at radius 1 is 0.976 bits per heavy atom. The molecule has 0 saturated carbocycles. The molecule has 2 amide bonds. The highest BCUT2D eigenvalue weighted by Crippen LogP contribution is 2.39. The van der Waals surface area contributed by atoms with Crippen LogP contribution in [-0.4, -0.2) is 55.2 Å². The molecule has 1 aliphatic heterocycles. The maximum atomic E-state index is 14.4. The maximum Gasteiger partial charge on any atom is 0.417 e. The van der Waals surface area contributed by atoms with Crippen LogP contribution in [0.1, 0.15) is 84.3 Å². The fourth-order valence-electron chi connectivity index (χ4n) is 5.47. The number of unbranched alkanes of at least 4 members (excludes halogenated alkanes) is 1. The first-order chi connectivity index (χ1) is 19.2. The van der Waals surface area contributed by atoms with Crippen LogP contribution in [0.5, 0.6) is 0 Å². The molecule has 4 atom stereocenters. The first kappa shape index (κ1) is 33.0. The van der Waals surface area contributed by atoms with E-state index in [1.54, 1.807) is 0 Å². The van der Waals surface area contributed by atoms with E-state index in [1.807, 2.05) is 67.6 Å². The van der Waals surface area contributed by atoms with E-state index < -0.39 is 38.6 Å². The third-order valence-corrected chi connectivity index (χ3v) is 13.5. The van der Waals surface area contributed by atoms with Gasteiger partial charge in [-0.1, -0.05) is 115 Å². The molecule has 3 rings (SSSR count). The Kier molecular flexibility index (Phi) is 11.4. The van der Waals surface area contributed by atoms with Crippen LogP contribution in [0, 0.1) is 11.8 Å². The number of hydrogen-bond donors (Lipinski definition) is 1. The van der Waals surface area contributed by atoms with Gasteiger partial charge in [0.25, 0.3) is 0 Å². The highest BCUT2D eigenvalue weighted by atomic mass is 28.4. The Morgan fingerprint density at radius 2 is 1.49 bits per heavy atom. The van der Waals surface area contributed by atoms with Gasteiger partial charge in [0.15, 0.2) is 8.32 Å². The SMILES string of the molecule is CC(C)CCCC[C@@H](C(=O)N1C(=O)OC[C@H]1C(c1ccccc1)c1ccccc1)[C@@H](O)[C@H](C)O[Si](C)(C)C(C)(C)C. The molecule has 2 aromatic rings. The monoisotopic (exact) mass is 581 g/mol. The van der Waals surface area contributed by atoms with Crippen molar-refractivity contribution in [2.24, 2.45) is 11.8 Å². The van der Waals surface area contributed by atoms with Crippen molar-refractivity contribution >= 4 is 20.3 Å². The molecule has 7 heteroatoms. The lowest BCUT2D eigenvalue weighted by Crippen LogP contribution is -2.52. The van der Waals surface area contributed by atoms with E-state index >= 15 is 0 Å². The lowest BCUT2D eigenvalue weighted by Gasteiger charge is -2.41. The molecular formula is C34H51NO5Si. The topological polar surface area (TPSA) is 76.1 Å². The number of carbonyl (C=O) groups excluding carboxylic acids is 2. The van der Waals surface area contributed by atoms with Crippen LogP contribution in [0.25, 0.3) is 0 Å². The molecule has 41 heavy (non-hydrogen) atoms. The van der Waals surface area contributed by atoms with Gasteiger partial charge in [-0.15, -0.1) is 0 Å². The van der Waals surface area contributed by atoms with Crippen LogP contribution in [0.3, 0.4) is 0 Å². The van der Waals surface area contributed by atoms with E-state index in [9.17, 15) is 14.7 Å². The predicted octanol–water partition coefficient (Wildman–Crippen LogP) is 7.77. The Hall–Kier alpha value is -2.48. The fourth-order valence-corrected chi connectivity index (χ4v) is 6.89. The van der Waals surface area contributed by atoms with E-state index in [4.69, 9.17) is 9.16 Å². The Bertz CT molecular complexity index is 1080. The summed E-state index contributed by atoms with van der Waals surface area (Å²) in [6, 6.07) is 19.4. The van der Waals surface area contributed by atoms with Gasteiger partial charge in [0.1, 0.15) is 6.61 Å². The van der Waals surface area contributed by atoms with Crippen LogP contribution in [0.15, 0.2) is 60.7 Å². The number of carbonyl (C=O) groups is 2. The van der Waals surface area contributed by atoms with Crippen molar-refractivity contribution in [3.05, 3.63) is 71.8 Å². The highest BCUT2D eigenvalue weighted by Gasteiger charge is 2.48. The summed E-state index contributed by atoms with van der Waals surface area (Å²) in [7, 11) is -2.21. The third kappa shape index (κ3) is 8.30. The summed E-state index contributed by atoms with van der Waals surface area (Å²) in [4.78, 5) is 28.9. The number of imide groups is 1. The van der Waals surface area contributed by atoms with Gasteiger partial charge in [-0.05, 0) is 48.5 Å². The molecule has 1 fully saturated rings. The molecule has 0 aliphatic carbocycles. The minimum atomic E-state index is -2.21. The number of ether oxygens (including phenoxy) is 1. The van der Waals surface area contributed by atoms with Crippen molar-refractivity contribution in [1.29, 1.82) is 0 Å². The van der Waals surface area contributed by atoms with Crippen LogP contribution < -0.4 is 0 Å². The van der Waals surface area contributed by atoms with Crippen molar-refractivity contribution in [3.8, 4) is 0 Å². The van der Waals surface area contributed by atoms with Crippen molar-refractivity contribution < 1.29 is 23.9 Å². The molecule has 0 aromatic heterocycles. The summed E-state index contributed by atoms with van der Waals surface area (Å²) in [6.45, 7) is 17.1. The Morgan fingerprint density at radius 3 is 1.98 bits per heavy atom. The summed E-state index contributed by atoms with van der Waals surface area (Å²) >= 11 is 0. The van der Waals surface area contributed by atoms with Gasteiger partial charge in [-0.25, -0.2) is 9.69 Å². The lowest BCUT2D eigenvalue weighted by atomic mass is 9.83. The molecule has 0 spiro atoms. The summed E-state index contributed by atoms with van der Waals surface area (Å²) < 4.78 is 12.1. The average molecular weight is 582 g/mol. The number of aliphatic hydroxyl groups excluding tert-OH is 1. The van der Waals surface area contributed by atoms with Crippen LogP contribution in [0.4, 0.5) is 4.79 Å². The lowest BCUT2D eigenvalue weighted by molar-refractivity contribution is -0.140. The van der Waals surface area contributed by atoms with Gasteiger partial charge >= 0.3 is 6.09 Å². The van der Waals surface area contributed by atoms with Gasteiger partial charge < -0.3 is 14.3 Å². The molecule has 0 radical (unpaired) electrons. The normalized spacial score (nSPS) is 18.5. The number of benzene rings is 2. The highest BCUT2D eigenvalue weighted by molar-refractivity contribution is 6.74. The Labute approximate surface area is 248 Å². The first-order valence-corrected chi connectivity index (χ1v) is 18.1. The van der Waals surface area contributed by atoms with Crippen molar-refractivity contribution in [1.82, 2.24) is 4.90 Å². The first-order valence-electron chi connectivity index (χ1n) is 15.2. The van der Waals surface area contributed by atoms with Gasteiger partial charge in [0.2, 0.25) is 5.91 Å². The smallest absolute Gasteiger partial charge is 0.417 e. The largest absolute Gasteiger partial charge is 0.447 e. The van der Waals surface area contributed by atoms with Crippen LogP contribution in [0.2, 0.25) is 18.1 Å². The number of rotatable bonds is 13. The van der Waals surface area contributed by atoms with E-state index in [1.165, 1.54) is 4.90 Å². The van der Waals surface area contributed by atoms with E-state index in [0.29, 0.717) is 12.3 Å². The second-order valence-electron chi connectivity index (χ2n) is 13.5. The molecule has 1 heterocycles. The molecule has 6 nitrogen and oxygen atoms in total. The standard InChI is InChI=1S/C34H51NO5Si/c1-24(2)17-15-16-22-28(31(36)25(3)40-41(7,8)34(4,5)6)32(37)35-29(23-39-33(35)38)30(26-18-11-9-12-19-26)27-20-13-10-14-21-27/h9-14,18-21,24-25,28-31,36H,15-17,22-23H2,1-8H3/t25-,28+,29-,31-/m0/s1. The van der Waals surface area contributed by atoms with E-state index in [0.717, 1.165) is 30.4 Å². The predicted molar refractivity (Wildman–Crippen MR) is 167 cm³/mol. The Balaban J connectivity index is 1.95. The number of hydrogen-bond acceptors (Lipinski definition) is 5. The molecule has 2 aromatic carbocycles. The molecule has 1 saturated heterocycles. The molecule has 1 N–H and O–H groups in total. The number of amides is 2. The molecule has 0 unspecified atom stereocenters. The number of nitrogens with zero attached hydrogens (tertiary/aromatic N) is 1. The van der Waals surface area contributed by atoms with E-state index in [2.05, 4.69) is 47.7 Å². The second kappa shape index (κ2) is 14.1. The minimum absolute atomic E-state index is 0.0415. The fraction of sp³-hybridized carbons (Fsp3) is 0.588. The van der Waals surface area contributed by atoms with Crippen molar-refractivity contribution in [2.45, 2.75) is 110 Å². The van der Waals surface area contributed by atoms with E-state index in [-0.39, 0.29) is 23.5 Å². The second-order valence-corrected chi connectivity index (χ2v) is 18.3.